The molecule has 0 aliphatic carbocycles. The van der Waals surface area contributed by atoms with Crippen molar-refractivity contribution in [2.45, 2.75) is 12.7 Å². The van der Waals surface area contributed by atoms with Gasteiger partial charge in [0, 0.05) is 6.54 Å². The van der Waals surface area contributed by atoms with E-state index in [2.05, 4.69) is 19.9 Å². The van der Waals surface area contributed by atoms with Crippen LogP contribution in [0.1, 0.15) is 5.56 Å². The highest BCUT2D eigenvalue weighted by Crippen LogP contribution is 2.29. The third kappa shape index (κ3) is 3.31. The third-order valence-electron chi connectivity index (χ3n) is 4.03. The average Bonchev–Trinajstić information content (AvgIpc) is 3.26. The zero-order valence-electron chi connectivity index (χ0n) is 14.1. The van der Waals surface area contributed by atoms with Crippen molar-refractivity contribution < 1.29 is 22.6 Å². The van der Waals surface area contributed by atoms with Gasteiger partial charge in [-0.2, -0.15) is 13.2 Å². The fourth-order valence-electron chi connectivity index (χ4n) is 2.78. The van der Waals surface area contributed by atoms with Crippen LogP contribution in [0.5, 0.6) is 0 Å². The summed E-state index contributed by atoms with van der Waals surface area (Å²) in [6.07, 6.45) is -5.07. The summed E-state index contributed by atoms with van der Waals surface area (Å²) < 4.78 is 44.1. The zero-order chi connectivity index (χ0) is 19.7. The number of alkyl halides is 3. The van der Waals surface area contributed by atoms with E-state index < -0.39 is 17.9 Å². The van der Waals surface area contributed by atoms with Gasteiger partial charge in [-0.1, -0.05) is 42.5 Å². The lowest BCUT2D eigenvalue weighted by molar-refractivity contribution is -0.167. The summed E-state index contributed by atoms with van der Waals surface area (Å²) in [4.78, 5) is 15.7. The first-order valence-corrected chi connectivity index (χ1v) is 8.14. The van der Waals surface area contributed by atoms with Crippen molar-refractivity contribution >= 4 is 22.8 Å². The molecule has 4 rings (SSSR count). The first-order chi connectivity index (χ1) is 13.4. The maximum atomic E-state index is 12.6. The number of benzene rings is 2. The molecule has 2 aromatic heterocycles. The topological polar surface area (TPSA) is 85.8 Å². The summed E-state index contributed by atoms with van der Waals surface area (Å²) >= 11 is 0. The molecule has 1 N–H and O–H groups in total. The maximum Gasteiger partial charge on any atom is 0.471 e. The second-order valence-corrected chi connectivity index (χ2v) is 5.91. The van der Waals surface area contributed by atoms with Crippen LogP contribution < -0.4 is 5.32 Å². The number of halogens is 3. The van der Waals surface area contributed by atoms with Crippen molar-refractivity contribution in [2.75, 3.05) is 5.32 Å². The Morgan fingerprint density at radius 3 is 2.50 bits per heavy atom. The number of imidazole rings is 1. The molecule has 4 aromatic rings. The fraction of sp³-hybridized carbons (Fsp3) is 0.111. The third-order valence-corrected chi connectivity index (χ3v) is 4.03. The average molecular weight is 387 g/mol. The van der Waals surface area contributed by atoms with Crippen molar-refractivity contribution in [3.05, 3.63) is 60.2 Å². The van der Waals surface area contributed by atoms with Crippen molar-refractivity contribution in [2.24, 2.45) is 0 Å². The number of hydrogen-bond donors (Lipinski definition) is 1. The van der Waals surface area contributed by atoms with Crippen molar-refractivity contribution in [3.8, 4) is 11.5 Å². The molecule has 0 fully saturated rings. The van der Waals surface area contributed by atoms with Gasteiger partial charge in [-0.05, 0) is 28.0 Å². The number of nitrogens with zero attached hydrogens (tertiary/aromatic N) is 4. The van der Waals surface area contributed by atoms with Crippen LogP contribution in [0.4, 0.5) is 19.0 Å². The first-order valence-electron chi connectivity index (χ1n) is 8.14. The van der Waals surface area contributed by atoms with Gasteiger partial charge in [-0.3, -0.25) is 10.1 Å². The van der Waals surface area contributed by atoms with E-state index >= 15 is 0 Å². The fourth-order valence-corrected chi connectivity index (χ4v) is 2.78. The molecule has 0 unspecified atom stereocenters. The van der Waals surface area contributed by atoms with E-state index in [9.17, 15) is 18.0 Å². The molecular formula is C18H12F3N5O2. The quantitative estimate of drug-likeness (QED) is 0.578. The smallest absolute Gasteiger partial charge is 0.318 e. The van der Waals surface area contributed by atoms with Gasteiger partial charge in [0.15, 0.2) is 11.5 Å². The van der Waals surface area contributed by atoms with Crippen LogP contribution in [-0.2, 0) is 11.3 Å². The second kappa shape index (κ2) is 6.80. The van der Waals surface area contributed by atoms with Crippen molar-refractivity contribution in [1.29, 1.82) is 0 Å². The van der Waals surface area contributed by atoms with E-state index in [1.54, 1.807) is 22.0 Å². The predicted octanol–water partition coefficient (Wildman–Crippen LogP) is 3.64. The second-order valence-electron chi connectivity index (χ2n) is 5.91. The van der Waals surface area contributed by atoms with Gasteiger partial charge in [0.25, 0.3) is 0 Å². The van der Waals surface area contributed by atoms with Crippen molar-refractivity contribution in [3.63, 3.8) is 0 Å². The number of nitrogens with one attached hydrogen (secondary N) is 1. The van der Waals surface area contributed by atoms with Crippen LogP contribution in [0, 0.1) is 0 Å². The molecule has 0 saturated heterocycles. The number of hydrogen-bond acceptors (Lipinski definition) is 5. The normalized spacial score (nSPS) is 11.7. The van der Waals surface area contributed by atoms with Gasteiger partial charge in [0.05, 0.1) is 11.0 Å². The van der Waals surface area contributed by atoms with Crippen LogP contribution in [0.2, 0.25) is 0 Å². The molecule has 0 bridgehead atoms. The standard InChI is InChI=1S/C18H12F3N5O2/c19-18(20,21)17(27)23-15-14(24-28-25-15)16-22-12-8-4-5-9-13(12)26(16)10-11-6-2-1-3-7-11/h1-9H,10H2,(H,23,25,27). The Morgan fingerprint density at radius 2 is 1.75 bits per heavy atom. The molecule has 10 heteroatoms. The SMILES string of the molecule is O=C(Nc1nonc1-c1nc2ccccc2n1Cc1ccccc1)C(F)(F)F. The molecule has 28 heavy (non-hydrogen) atoms. The van der Waals surface area contributed by atoms with E-state index in [1.807, 2.05) is 42.5 Å². The van der Waals surface area contributed by atoms with E-state index in [0.29, 0.717) is 12.1 Å². The lowest BCUT2D eigenvalue weighted by Crippen LogP contribution is -2.30. The Balaban J connectivity index is 1.81. The Hall–Kier alpha value is -3.69. The number of carbonyl (C=O) groups is 1. The van der Waals surface area contributed by atoms with Crippen LogP contribution in [0.25, 0.3) is 22.6 Å². The summed E-state index contributed by atoms with van der Waals surface area (Å²) in [5.41, 5.74) is 2.22. The molecule has 0 aliphatic rings. The van der Waals surface area contributed by atoms with Crippen LogP contribution in [-0.4, -0.2) is 31.9 Å². The number of carbonyl (C=O) groups excluding carboxylic acids is 1. The molecule has 0 saturated carbocycles. The summed E-state index contributed by atoms with van der Waals surface area (Å²) in [7, 11) is 0. The number of fused-ring (bicyclic) bond motifs is 1. The summed E-state index contributed by atoms with van der Waals surface area (Å²) in [6, 6.07) is 16.7. The highest BCUT2D eigenvalue weighted by Gasteiger charge is 2.40. The largest absolute Gasteiger partial charge is 0.471 e. The predicted molar refractivity (Wildman–Crippen MR) is 93.3 cm³/mol. The number of amides is 1. The highest BCUT2D eigenvalue weighted by molar-refractivity contribution is 5.96. The molecule has 0 radical (unpaired) electrons. The van der Waals surface area contributed by atoms with E-state index in [0.717, 1.165) is 11.1 Å². The molecular weight excluding hydrogens is 375 g/mol. The van der Waals surface area contributed by atoms with Gasteiger partial charge in [-0.15, -0.1) is 0 Å². The zero-order valence-corrected chi connectivity index (χ0v) is 14.1. The van der Waals surface area contributed by atoms with Gasteiger partial charge in [0.2, 0.25) is 5.82 Å². The molecule has 2 aromatic carbocycles. The summed E-state index contributed by atoms with van der Waals surface area (Å²) in [6.45, 7) is 0.385. The molecule has 7 nitrogen and oxygen atoms in total. The molecule has 0 spiro atoms. The van der Waals surface area contributed by atoms with Gasteiger partial charge < -0.3 is 4.57 Å². The number of para-hydroxylation sites is 2. The Morgan fingerprint density at radius 1 is 1.04 bits per heavy atom. The van der Waals surface area contributed by atoms with Crippen molar-refractivity contribution in [1.82, 2.24) is 19.9 Å². The van der Waals surface area contributed by atoms with Crippen LogP contribution in [0.15, 0.2) is 59.2 Å². The molecule has 2 heterocycles. The lowest BCUT2D eigenvalue weighted by Gasteiger charge is -2.09. The Kier molecular flexibility index (Phi) is 4.30. The number of aromatic nitrogens is 4. The van der Waals surface area contributed by atoms with Gasteiger partial charge >= 0.3 is 12.1 Å². The Labute approximate surface area is 155 Å². The lowest BCUT2D eigenvalue weighted by atomic mass is 10.2. The number of anilines is 1. The Bertz CT molecular complexity index is 1140. The van der Waals surface area contributed by atoms with Gasteiger partial charge in [0.1, 0.15) is 0 Å². The molecule has 1 amide bonds. The summed E-state index contributed by atoms with van der Waals surface area (Å²) in [5.74, 6) is -2.40. The minimum Gasteiger partial charge on any atom is -0.318 e. The van der Waals surface area contributed by atoms with E-state index in [-0.39, 0.29) is 11.5 Å². The highest BCUT2D eigenvalue weighted by atomic mass is 19.4. The first kappa shape index (κ1) is 17.7. The van der Waals surface area contributed by atoms with Gasteiger partial charge in [-0.25, -0.2) is 9.61 Å². The number of rotatable bonds is 4. The molecule has 0 atom stereocenters. The van der Waals surface area contributed by atoms with E-state index in [4.69, 9.17) is 0 Å². The summed E-state index contributed by atoms with van der Waals surface area (Å²) in [5, 5.41) is 8.74. The monoisotopic (exact) mass is 387 g/mol. The van der Waals surface area contributed by atoms with Crippen LogP contribution >= 0.6 is 0 Å². The molecule has 142 valence electrons. The minimum absolute atomic E-state index is 0.0928. The van der Waals surface area contributed by atoms with E-state index in [1.165, 1.54) is 0 Å². The molecule has 0 aliphatic heterocycles. The van der Waals surface area contributed by atoms with Crippen LogP contribution in [0.3, 0.4) is 0 Å². The maximum absolute atomic E-state index is 12.6. The minimum atomic E-state index is -5.07.